The van der Waals surface area contributed by atoms with Crippen molar-refractivity contribution in [2.45, 2.75) is 13.0 Å². The molecule has 0 aliphatic carbocycles. The molecule has 2 aromatic carbocycles. The molecule has 0 saturated heterocycles. The number of nitrogens with one attached hydrogen (secondary N) is 1. The predicted octanol–water partition coefficient (Wildman–Crippen LogP) is 2.90. The fourth-order valence-corrected chi connectivity index (χ4v) is 1.79. The Morgan fingerprint density at radius 2 is 1.89 bits per heavy atom. The number of nitrogens with two attached hydrogens (primary N) is 1. The monoisotopic (exact) mass is 258 g/mol. The molecule has 2 aromatic rings. The number of carbonyl (C=O) groups is 1. The van der Waals surface area contributed by atoms with Crippen molar-refractivity contribution in [3.05, 3.63) is 65.5 Å². The van der Waals surface area contributed by atoms with Gasteiger partial charge >= 0.3 is 0 Å². The first kappa shape index (κ1) is 13.1. The average molecular weight is 258 g/mol. The van der Waals surface area contributed by atoms with Crippen LogP contribution < -0.4 is 11.1 Å². The first-order chi connectivity index (χ1) is 9.06. The summed E-state index contributed by atoms with van der Waals surface area (Å²) in [7, 11) is 0. The van der Waals surface area contributed by atoms with E-state index in [0.717, 1.165) is 5.56 Å². The second-order valence-corrected chi connectivity index (χ2v) is 4.37. The highest BCUT2D eigenvalue weighted by molar-refractivity contribution is 5.95. The summed E-state index contributed by atoms with van der Waals surface area (Å²) < 4.78 is 12.8. The van der Waals surface area contributed by atoms with Gasteiger partial charge in [-0.2, -0.15) is 0 Å². The van der Waals surface area contributed by atoms with E-state index in [1.807, 2.05) is 6.92 Å². The lowest BCUT2D eigenvalue weighted by Gasteiger charge is -2.14. The highest BCUT2D eigenvalue weighted by Gasteiger charge is 2.11. The van der Waals surface area contributed by atoms with Crippen molar-refractivity contribution >= 4 is 11.6 Å². The van der Waals surface area contributed by atoms with Gasteiger partial charge in [0.1, 0.15) is 5.82 Å². The molecule has 0 radical (unpaired) electrons. The summed E-state index contributed by atoms with van der Waals surface area (Å²) in [6, 6.07) is 12.6. The Kier molecular flexibility index (Phi) is 3.80. The molecule has 0 aromatic heterocycles. The highest BCUT2D eigenvalue weighted by atomic mass is 19.1. The zero-order chi connectivity index (χ0) is 13.8. The summed E-state index contributed by atoms with van der Waals surface area (Å²) in [5.74, 6) is -0.498. The highest BCUT2D eigenvalue weighted by Crippen LogP contribution is 2.14. The van der Waals surface area contributed by atoms with Crippen LogP contribution in [0.25, 0.3) is 0 Å². The van der Waals surface area contributed by atoms with Gasteiger partial charge in [0.25, 0.3) is 5.91 Å². The summed E-state index contributed by atoms with van der Waals surface area (Å²) in [5.41, 5.74) is 7.53. The number of hydrogen-bond donors (Lipinski definition) is 2. The van der Waals surface area contributed by atoms with Crippen LogP contribution in [0.15, 0.2) is 48.5 Å². The maximum absolute atomic E-state index is 12.8. The van der Waals surface area contributed by atoms with E-state index in [1.54, 1.807) is 36.4 Å². The molecule has 2 rings (SSSR count). The minimum Gasteiger partial charge on any atom is -0.399 e. The Hall–Kier alpha value is -2.36. The van der Waals surface area contributed by atoms with Gasteiger partial charge < -0.3 is 11.1 Å². The minimum atomic E-state index is -0.293. The third-order valence-electron chi connectivity index (χ3n) is 2.87. The van der Waals surface area contributed by atoms with E-state index >= 15 is 0 Å². The van der Waals surface area contributed by atoms with Crippen LogP contribution in [0.5, 0.6) is 0 Å². The van der Waals surface area contributed by atoms with Crippen molar-refractivity contribution in [1.29, 1.82) is 0 Å². The lowest BCUT2D eigenvalue weighted by Crippen LogP contribution is -2.26. The largest absolute Gasteiger partial charge is 0.399 e. The molecule has 0 spiro atoms. The van der Waals surface area contributed by atoms with E-state index in [1.165, 1.54) is 12.1 Å². The molecular weight excluding hydrogens is 243 g/mol. The Bertz CT molecular complexity index is 581. The molecule has 3 N–H and O–H groups in total. The second kappa shape index (κ2) is 5.52. The number of benzene rings is 2. The number of carbonyl (C=O) groups excluding carboxylic acids is 1. The Balaban J connectivity index is 2.08. The van der Waals surface area contributed by atoms with Crippen LogP contribution in [0.4, 0.5) is 10.1 Å². The van der Waals surface area contributed by atoms with E-state index in [-0.39, 0.29) is 17.8 Å². The quantitative estimate of drug-likeness (QED) is 0.832. The zero-order valence-electron chi connectivity index (χ0n) is 10.6. The number of nitrogen functional groups attached to an aromatic ring is 1. The Labute approximate surface area is 111 Å². The Morgan fingerprint density at radius 3 is 2.53 bits per heavy atom. The number of anilines is 1. The smallest absolute Gasteiger partial charge is 0.251 e. The number of halogens is 1. The summed E-state index contributed by atoms with van der Waals surface area (Å²) in [4.78, 5) is 12.0. The molecule has 0 bridgehead atoms. The first-order valence-electron chi connectivity index (χ1n) is 5.98. The predicted molar refractivity (Wildman–Crippen MR) is 73.1 cm³/mol. The van der Waals surface area contributed by atoms with E-state index in [4.69, 9.17) is 5.73 Å². The molecular formula is C15H15FN2O. The van der Waals surface area contributed by atoms with Crippen LogP contribution in [0.1, 0.15) is 28.9 Å². The number of amides is 1. The van der Waals surface area contributed by atoms with Gasteiger partial charge in [-0.1, -0.05) is 18.2 Å². The normalized spacial score (nSPS) is 11.9. The molecule has 98 valence electrons. The molecule has 0 fully saturated rings. The van der Waals surface area contributed by atoms with Gasteiger partial charge in [0.2, 0.25) is 0 Å². The van der Waals surface area contributed by atoms with Crippen LogP contribution in [0.2, 0.25) is 0 Å². The van der Waals surface area contributed by atoms with Gasteiger partial charge in [-0.3, -0.25) is 4.79 Å². The lowest BCUT2D eigenvalue weighted by molar-refractivity contribution is 0.0940. The van der Waals surface area contributed by atoms with E-state index < -0.39 is 0 Å². The summed E-state index contributed by atoms with van der Waals surface area (Å²) >= 11 is 0. The van der Waals surface area contributed by atoms with Crippen LogP contribution in [0.3, 0.4) is 0 Å². The third-order valence-corrected chi connectivity index (χ3v) is 2.87. The van der Waals surface area contributed by atoms with Crippen molar-refractivity contribution in [1.82, 2.24) is 5.32 Å². The second-order valence-electron chi connectivity index (χ2n) is 4.37. The van der Waals surface area contributed by atoms with E-state index in [9.17, 15) is 9.18 Å². The summed E-state index contributed by atoms with van der Waals surface area (Å²) in [6.45, 7) is 1.84. The first-order valence-corrected chi connectivity index (χ1v) is 5.98. The van der Waals surface area contributed by atoms with Gasteiger partial charge in [-0.15, -0.1) is 0 Å². The lowest BCUT2D eigenvalue weighted by atomic mass is 10.1. The summed E-state index contributed by atoms with van der Waals surface area (Å²) in [6.07, 6.45) is 0. The molecule has 0 heterocycles. The van der Waals surface area contributed by atoms with Crippen LogP contribution in [-0.2, 0) is 0 Å². The van der Waals surface area contributed by atoms with Gasteiger partial charge in [-0.05, 0) is 42.8 Å². The topological polar surface area (TPSA) is 55.1 Å². The fourth-order valence-electron chi connectivity index (χ4n) is 1.79. The standard InChI is InChI=1S/C15H15FN2O/c1-10(11-5-7-13(16)8-6-11)18-15(19)12-3-2-4-14(17)9-12/h2-10H,17H2,1H3,(H,18,19)/t10-/m1/s1. The zero-order valence-corrected chi connectivity index (χ0v) is 10.6. The maximum Gasteiger partial charge on any atom is 0.251 e. The van der Waals surface area contributed by atoms with Crippen LogP contribution in [0, 0.1) is 5.82 Å². The molecule has 1 amide bonds. The Morgan fingerprint density at radius 1 is 1.21 bits per heavy atom. The van der Waals surface area contributed by atoms with Crippen molar-refractivity contribution in [3.8, 4) is 0 Å². The van der Waals surface area contributed by atoms with Crippen molar-refractivity contribution in [2.75, 3.05) is 5.73 Å². The molecule has 0 aliphatic rings. The van der Waals surface area contributed by atoms with Gasteiger partial charge in [-0.25, -0.2) is 4.39 Å². The van der Waals surface area contributed by atoms with Crippen molar-refractivity contribution in [3.63, 3.8) is 0 Å². The number of hydrogen-bond acceptors (Lipinski definition) is 2. The molecule has 0 aliphatic heterocycles. The molecule has 19 heavy (non-hydrogen) atoms. The molecule has 0 saturated carbocycles. The number of rotatable bonds is 3. The van der Waals surface area contributed by atoms with Crippen molar-refractivity contribution in [2.24, 2.45) is 0 Å². The van der Waals surface area contributed by atoms with E-state index in [2.05, 4.69) is 5.32 Å². The maximum atomic E-state index is 12.8. The fraction of sp³-hybridized carbons (Fsp3) is 0.133. The minimum absolute atomic E-state index is 0.200. The van der Waals surface area contributed by atoms with Gasteiger partial charge in [0.15, 0.2) is 0 Å². The van der Waals surface area contributed by atoms with E-state index in [0.29, 0.717) is 11.3 Å². The summed E-state index contributed by atoms with van der Waals surface area (Å²) in [5, 5.41) is 2.84. The molecule has 3 nitrogen and oxygen atoms in total. The molecule has 1 atom stereocenters. The van der Waals surface area contributed by atoms with Crippen LogP contribution in [-0.4, -0.2) is 5.91 Å². The van der Waals surface area contributed by atoms with Crippen LogP contribution >= 0.6 is 0 Å². The van der Waals surface area contributed by atoms with Gasteiger partial charge in [0, 0.05) is 11.3 Å². The molecule has 0 unspecified atom stereocenters. The SMILES string of the molecule is C[C@@H](NC(=O)c1cccc(N)c1)c1ccc(F)cc1. The van der Waals surface area contributed by atoms with Gasteiger partial charge in [0.05, 0.1) is 6.04 Å². The average Bonchev–Trinajstić information content (AvgIpc) is 2.39. The van der Waals surface area contributed by atoms with Crippen molar-refractivity contribution < 1.29 is 9.18 Å². The third kappa shape index (κ3) is 3.31. The molecule has 4 heteroatoms.